The van der Waals surface area contributed by atoms with Crippen molar-refractivity contribution in [3.8, 4) is 0 Å². The highest BCUT2D eigenvalue weighted by molar-refractivity contribution is 5.79. The molecule has 0 aliphatic heterocycles. The van der Waals surface area contributed by atoms with Gasteiger partial charge >= 0.3 is 0 Å². The average molecular weight is 305 g/mol. The molecule has 1 heterocycles. The van der Waals surface area contributed by atoms with Gasteiger partial charge in [0.15, 0.2) is 5.96 Å². The van der Waals surface area contributed by atoms with E-state index < -0.39 is 0 Å². The van der Waals surface area contributed by atoms with Crippen molar-refractivity contribution in [1.82, 2.24) is 20.5 Å². The van der Waals surface area contributed by atoms with E-state index in [1.165, 1.54) is 0 Å². The van der Waals surface area contributed by atoms with Crippen molar-refractivity contribution < 1.29 is 0 Å². The minimum atomic E-state index is 0.556. The number of aliphatic imine (C=N–C) groups is 1. The number of pyridine rings is 1. The van der Waals surface area contributed by atoms with Gasteiger partial charge < -0.3 is 10.6 Å². The smallest absolute Gasteiger partial charge is 0.191 e. The average Bonchev–Trinajstić information content (AvgIpc) is 2.49. The fourth-order valence-electron chi connectivity index (χ4n) is 2.49. The summed E-state index contributed by atoms with van der Waals surface area (Å²) in [5, 5.41) is 6.70. The van der Waals surface area contributed by atoms with Crippen molar-refractivity contribution >= 4 is 5.96 Å². The highest BCUT2D eigenvalue weighted by Gasteiger charge is 2.12. The molecule has 0 amide bonds. The molecule has 0 aliphatic rings. The maximum atomic E-state index is 4.32. The van der Waals surface area contributed by atoms with Gasteiger partial charge in [-0.2, -0.15) is 0 Å². The molecule has 0 radical (unpaired) electrons. The summed E-state index contributed by atoms with van der Waals surface area (Å²) in [7, 11) is 1.80. The summed E-state index contributed by atoms with van der Waals surface area (Å²) in [6.45, 7) is 11.7. The Kier molecular flexibility index (Phi) is 8.51. The second-order valence-electron chi connectivity index (χ2n) is 5.92. The zero-order valence-corrected chi connectivity index (χ0v) is 14.6. The van der Waals surface area contributed by atoms with E-state index in [0.29, 0.717) is 12.1 Å². The fraction of sp³-hybridized carbons (Fsp3) is 0.647. The Bertz CT molecular complexity index is 420. The maximum Gasteiger partial charge on any atom is 0.191 e. The molecule has 0 aromatic carbocycles. The number of guanidine groups is 1. The molecule has 0 unspecified atom stereocenters. The molecule has 0 bridgehead atoms. The maximum absolute atomic E-state index is 4.32. The predicted molar refractivity (Wildman–Crippen MR) is 94.3 cm³/mol. The first-order valence-electron chi connectivity index (χ1n) is 8.14. The van der Waals surface area contributed by atoms with Crippen molar-refractivity contribution in [1.29, 1.82) is 0 Å². The Labute approximate surface area is 135 Å². The number of hydrogen-bond acceptors (Lipinski definition) is 3. The third-order valence-electron chi connectivity index (χ3n) is 3.61. The Morgan fingerprint density at radius 2 is 1.82 bits per heavy atom. The highest BCUT2D eigenvalue weighted by atomic mass is 15.2. The molecule has 1 rings (SSSR count). The molecule has 5 heteroatoms. The number of nitrogens with one attached hydrogen (secondary N) is 2. The van der Waals surface area contributed by atoms with Crippen molar-refractivity contribution in [2.24, 2.45) is 4.99 Å². The molecule has 5 nitrogen and oxygen atoms in total. The van der Waals surface area contributed by atoms with Crippen LogP contribution < -0.4 is 10.6 Å². The molecule has 124 valence electrons. The van der Waals surface area contributed by atoms with E-state index >= 15 is 0 Å². The standard InChI is InChI=1S/C17H31N5/c1-14(2)22(15(3)4)13-12-21-17(18-5)20-11-9-16-8-6-7-10-19-16/h6-8,10,14-15H,9,11-13H2,1-5H3,(H2,18,20,21). The SMILES string of the molecule is CN=C(NCCc1ccccn1)NCCN(C(C)C)C(C)C. The number of aromatic nitrogens is 1. The molecule has 0 saturated heterocycles. The zero-order chi connectivity index (χ0) is 16.4. The van der Waals surface area contributed by atoms with E-state index in [0.717, 1.165) is 37.7 Å². The predicted octanol–water partition coefficient (Wildman–Crippen LogP) is 1.91. The monoisotopic (exact) mass is 305 g/mol. The molecule has 0 atom stereocenters. The van der Waals surface area contributed by atoms with Gasteiger partial charge in [-0.25, -0.2) is 0 Å². The summed E-state index contributed by atoms with van der Waals surface area (Å²) < 4.78 is 0. The molecule has 1 aromatic heterocycles. The lowest BCUT2D eigenvalue weighted by Gasteiger charge is -2.30. The summed E-state index contributed by atoms with van der Waals surface area (Å²) >= 11 is 0. The summed E-state index contributed by atoms with van der Waals surface area (Å²) in [4.78, 5) is 11.0. The third-order valence-corrected chi connectivity index (χ3v) is 3.61. The molecular weight excluding hydrogens is 274 g/mol. The first-order valence-corrected chi connectivity index (χ1v) is 8.14. The second-order valence-corrected chi connectivity index (χ2v) is 5.92. The van der Waals surface area contributed by atoms with Gasteiger partial charge in [0.25, 0.3) is 0 Å². The molecule has 0 fully saturated rings. The van der Waals surface area contributed by atoms with Crippen LogP contribution in [0, 0.1) is 0 Å². The Hall–Kier alpha value is -1.62. The van der Waals surface area contributed by atoms with Crippen molar-refractivity contribution in [3.63, 3.8) is 0 Å². The minimum Gasteiger partial charge on any atom is -0.356 e. The van der Waals surface area contributed by atoms with Gasteiger partial charge in [0.05, 0.1) is 0 Å². The Balaban J connectivity index is 2.28. The van der Waals surface area contributed by atoms with Crippen LogP contribution in [0.25, 0.3) is 0 Å². The van der Waals surface area contributed by atoms with Crippen LogP contribution in [0.4, 0.5) is 0 Å². The van der Waals surface area contributed by atoms with Crippen molar-refractivity contribution in [3.05, 3.63) is 30.1 Å². The van der Waals surface area contributed by atoms with E-state index in [1.807, 2.05) is 24.4 Å². The van der Waals surface area contributed by atoms with Crippen LogP contribution in [-0.4, -0.2) is 54.6 Å². The summed E-state index contributed by atoms with van der Waals surface area (Å²) in [6.07, 6.45) is 2.72. The number of rotatable bonds is 8. The van der Waals surface area contributed by atoms with E-state index in [9.17, 15) is 0 Å². The van der Waals surface area contributed by atoms with Crippen LogP contribution in [0.15, 0.2) is 29.4 Å². The van der Waals surface area contributed by atoms with Gasteiger partial charge in [0, 0.05) is 57.1 Å². The molecule has 0 saturated carbocycles. The summed E-state index contributed by atoms with van der Waals surface area (Å²) in [5.74, 6) is 0.850. The number of hydrogen-bond donors (Lipinski definition) is 2. The topological polar surface area (TPSA) is 52.6 Å². The molecule has 0 spiro atoms. The molecule has 2 N–H and O–H groups in total. The van der Waals surface area contributed by atoms with Gasteiger partial charge in [0.2, 0.25) is 0 Å². The van der Waals surface area contributed by atoms with Crippen LogP contribution in [0.3, 0.4) is 0 Å². The first-order chi connectivity index (χ1) is 10.5. The fourth-order valence-corrected chi connectivity index (χ4v) is 2.49. The van der Waals surface area contributed by atoms with E-state index in [1.54, 1.807) is 7.05 Å². The van der Waals surface area contributed by atoms with E-state index in [2.05, 4.69) is 53.2 Å². The van der Waals surface area contributed by atoms with Crippen molar-refractivity contribution in [2.75, 3.05) is 26.7 Å². The summed E-state index contributed by atoms with van der Waals surface area (Å²) in [5.41, 5.74) is 1.09. The van der Waals surface area contributed by atoms with Gasteiger partial charge in [-0.15, -0.1) is 0 Å². The lowest BCUT2D eigenvalue weighted by atomic mass is 10.2. The van der Waals surface area contributed by atoms with Crippen LogP contribution >= 0.6 is 0 Å². The zero-order valence-electron chi connectivity index (χ0n) is 14.6. The Morgan fingerprint density at radius 1 is 1.14 bits per heavy atom. The quantitative estimate of drug-likeness (QED) is 0.569. The largest absolute Gasteiger partial charge is 0.356 e. The third kappa shape index (κ3) is 6.89. The van der Waals surface area contributed by atoms with Crippen LogP contribution in [-0.2, 0) is 6.42 Å². The highest BCUT2D eigenvalue weighted by Crippen LogP contribution is 2.03. The van der Waals surface area contributed by atoms with E-state index in [-0.39, 0.29) is 0 Å². The molecule has 0 aliphatic carbocycles. The molecule has 1 aromatic rings. The molecule has 22 heavy (non-hydrogen) atoms. The lowest BCUT2D eigenvalue weighted by molar-refractivity contribution is 0.178. The van der Waals surface area contributed by atoms with Gasteiger partial charge in [-0.3, -0.25) is 14.9 Å². The molecular formula is C17H31N5. The minimum absolute atomic E-state index is 0.556. The van der Waals surface area contributed by atoms with Crippen LogP contribution in [0.2, 0.25) is 0 Å². The van der Waals surface area contributed by atoms with Crippen LogP contribution in [0.1, 0.15) is 33.4 Å². The second kappa shape index (κ2) is 10.2. The number of nitrogens with zero attached hydrogens (tertiary/aromatic N) is 3. The van der Waals surface area contributed by atoms with Gasteiger partial charge in [-0.05, 0) is 39.8 Å². The van der Waals surface area contributed by atoms with E-state index in [4.69, 9.17) is 0 Å². The Morgan fingerprint density at radius 3 is 2.36 bits per heavy atom. The lowest BCUT2D eigenvalue weighted by Crippen LogP contribution is -2.45. The summed E-state index contributed by atoms with van der Waals surface area (Å²) in [6, 6.07) is 7.11. The first kappa shape index (κ1) is 18.4. The normalized spacial score (nSPS) is 12.3. The van der Waals surface area contributed by atoms with Gasteiger partial charge in [-0.1, -0.05) is 6.07 Å². The van der Waals surface area contributed by atoms with Crippen molar-refractivity contribution in [2.45, 2.75) is 46.2 Å². The van der Waals surface area contributed by atoms with Gasteiger partial charge in [0.1, 0.15) is 0 Å². The van der Waals surface area contributed by atoms with Crippen LogP contribution in [0.5, 0.6) is 0 Å².